The zero-order chi connectivity index (χ0) is 22.3. The van der Waals surface area contributed by atoms with Gasteiger partial charge in [-0.1, -0.05) is 117 Å². The molecule has 0 aliphatic carbocycles. The largest absolute Gasteiger partial charge is 0.0991 e. The van der Waals surface area contributed by atoms with Crippen LogP contribution in [0.25, 0.3) is 51.3 Å². The van der Waals surface area contributed by atoms with Gasteiger partial charge in [0.15, 0.2) is 0 Å². The number of rotatable bonds is 7. The lowest BCUT2D eigenvalue weighted by Crippen LogP contribution is -1.92. The Morgan fingerprint density at radius 1 is 0.594 bits per heavy atom. The van der Waals surface area contributed by atoms with Crippen LogP contribution in [-0.4, -0.2) is 0 Å². The molecule has 32 heavy (non-hydrogen) atoms. The molecule has 0 fully saturated rings. The number of hydrogen-bond acceptors (Lipinski definition) is 0. The third-order valence-electron chi connectivity index (χ3n) is 5.54. The first-order valence-corrected chi connectivity index (χ1v) is 10.7. The van der Waals surface area contributed by atoms with Crippen molar-refractivity contribution in [3.05, 3.63) is 140 Å². The molecule has 0 N–H and O–H groups in total. The van der Waals surface area contributed by atoms with Crippen LogP contribution in [0.5, 0.6) is 0 Å². The molecule has 0 unspecified atom stereocenters. The van der Waals surface area contributed by atoms with Crippen molar-refractivity contribution in [1.29, 1.82) is 0 Å². The van der Waals surface area contributed by atoms with Crippen LogP contribution in [0.1, 0.15) is 16.7 Å². The number of benzene rings is 4. The Morgan fingerprint density at radius 3 is 2.09 bits per heavy atom. The van der Waals surface area contributed by atoms with Crippen LogP contribution in [-0.2, 0) is 0 Å². The molecule has 0 nitrogen and oxygen atoms in total. The second-order valence-corrected chi connectivity index (χ2v) is 7.57. The van der Waals surface area contributed by atoms with Crippen LogP contribution in [0.15, 0.2) is 123 Å². The van der Waals surface area contributed by atoms with Crippen LogP contribution < -0.4 is 0 Å². The van der Waals surface area contributed by atoms with E-state index in [1.165, 1.54) is 27.5 Å². The van der Waals surface area contributed by atoms with Crippen molar-refractivity contribution in [2.45, 2.75) is 0 Å². The van der Waals surface area contributed by atoms with E-state index in [0.717, 1.165) is 22.3 Å². The molecule has 0 aliphatic heterocycles. The third-order valence-corrected chi connectivity index (χ3v) is 5.54. The van der Waals surface area contributed by atoms with Crippen molar-refractivity contribution < 1.29 is 0 Å². The SMILES string of the molecule is C=C/C=C\C=C\c1cc(-c2ccccc2)cc(-c2c(C=C)c(C=C)cc3ccccc23)c1. The summed E-state index contributed by atoms with van der Waals surface area (Å²) < 4.78 is 0. The second kappa shape index (κ2) is 9.76. The number of hydrogen-bond donors (Lipinski definition) is 0. The van der Waals surface area contributed by atoms with E-state index in [9.17, 15) is 0 Å². The summed E-state index contributed by atoms with van der Waals surface area (Å²) in [7, 11) is 0. The van der Waals surface area contributed by atoms with E-state index in [1.54, 1.807) is 6.08 Å². The molecule has 0 saturated carbocycles. The normalized spacial score (nSPS) is 11.2. The molecular formula is C32H26. The van der Waals surface area contributed by atoms with Gasteiger partial charge in [-0.2, -0.15) is 0 Å². The fourth-order valence-electron chi connectivity index (χ4n) is 4.08. The van der Waals surface area contributed by atoms with Crippen molar-refractivity contribution in [3.63, 3.8) is 0 Å². The lowest BCUT2D eigenvalue weighted by Gasteiger charge is -2.16. The predicted octanol–water partition coefficient (Wildman–Crippen LogP) is 9.22. The average Bonchev–Trinajstić information content (AvgIpc) is 2.85. The highest BCUT2D eigenvalue weighted by atomic mass is 14.2. The molecule has 4 aromatic carbocycles. The summed E-state index contributed by atoms with van der Waals surface area (Å²) in [6.07, 6.45) is 13.7. The van der Waals surface area contributed by atoms with Gasteiger partial charge in [-0.15, -0.1) is 0 Å². The van der Waals surface area contributed by atoms with Crippen LogP contribution >= 0.6 is 0 Å². The molecule has 0 spiro atoms. The Labute approximate surface area is 190 Å². The minimum Gasteiger partial charge on any atom is -0.0991 e. The molecule has 0 heteroatoms. The van der Waals surface area contributed by atoms with E-state index in [-0.39, 0.29) is 0 Å². The summed E-state index contributed by atoms with van der Waals surface area (Å²) in [5.74, 6) is 0. The van der Waals surface area contributed by atoms with Crippen LogP contribution in [0.2, 0.25) is 0 Å². The van der Waals surface area contributed by atoms with Gasteiger partial charge in [0.05, 0.1) is 0 Å². The van der Waals surface area contributed by atoms with Crippen LogP contribution in [0.3, 0.4) is 0 Å². The topological polar surface area (TPSA) is 0 Å². The molecule has 0 saturated heterocycles. The Morgan fingerprint density at radius 2 is 1.34 bits per heavy atom. The van der Waals surface area contributed by atoms with E-state index in [0.29, 0.717) is 0 Å². The monoisotopic (exact) mass is 410 g/mol. The molecule has 0 radical (unpaired) electrons. The maximum absolute atomic E-state index is 4.13. The summed E-state index contributed by atoms with van der Waals surface area (Å²) in [5.41, 5.74) is 8.04. The lowest BCUT2D eigenvalue weighted by atomic mass is 9.87. The minimum atomic E-state index is 1.09. The van der Waals surface area contributed by atoms with Gasteiger partial charge < -0.3 is 0 Å². The average molecular weight is 411 g/mol. The molecule has 4 rings (SSSR count). The molecule has 154 valence electrons. The van der Waals surface area contributed by atoms with Gasteiger partial charge in [0, 0.05) is 0 Å². The van der Waals surface area contributed by atoms with Gasteiger partial charge >= 0.3 is 0 Å². The van der Waals surface area contributed by atoms with Gasteiger partial charge in [0.1, 0.15) is 0 Å². The Kier molecular flexibility index (Phi) is 6.43. The third kappa shape index (κ3) is 4.31. The minimum absolute atomic E-state index is 1.09. The first-order chi connectivity index (χ1) is 15.7. The molecular weight excluding hydrogens is 384 g/mol. The molecule has 0 aliphatic rings. The summed E-state index contributed by atoms with van der Waals surface area (Å²) in [6.45, 7) is 11.9. The van der Waals surface area contributed by atoms with Gasteiger partial charge in [-0.3, -0.25) is 0 Å². The highest BCUT2D eigenvalue weighted by Crippen LogP contribution is 2.38. The predicted molar refractivity (Wildman–Crippen MR) is 143 cm³/mol. The summed E-state index contributed by atoms with van der Waals surface area (Å²) in [4.78, 5) is 0. The van der Waals surface area contributed by atoms with Gasteiger partial charge in [0.2, 0.25) is 0 Å². The second-order valence-electron chi connectivity index (χ2n) is 7.57. The lowest BCUT2D eigenvalue weighted by molar-refractivity contribution is 1.56. The van der Waals surface area contributed by atoms with E-state index >= 15 is 0 Å². The standard InChI is InChI=1S/C32H26/c1-4-7-8-10-15-24-20-28(26-16-11-9-12-17-26)23-29(21-24)32-30(6-3)25(5-2)22-27-18-13-14-19-31(27)32/h4-23H,1-3H2/b8-7-,15-10+. The summed E-state index contributed by atoms with van der Waals surface area (Å²) >= 11 is 0. The quantitative estimate of drug-likeness (QED) is 0.266. The van der Waals surface area contributed by atoms with Crippen molar-refractivity contribution in [1.82, 2.24) is 0 Å². The Bertz CT molecular complexity index is 1350. The zero-order valence-corrected chi connectivity index (χ0v) is 18.2. The van der Waals surface area contributed by atoms with Crippen molar-refractivity contribution >= 4 is 29.0 Å². The molecule has 0 aromatic heterocycles. The summed E-state index contributed by atoms with van der Waals surface area (Å²) in [6, 6.07) is 27.9. The van der Waals surface area contributed by atoms with Crippen LogP contribution in [0, 0.1) is 0 Å². The smallest absolute Gasteiger partial charge is 0.00266 e. The summed E-state index contributed by atoms with van der Waals surface area (Å²) in [5, 5.41) is 2.40. The highest BCUT2D eigenvalue weighted by molar-refractivity contribution is 6.03. The molecule has 4 aromatic rings. The molecule has 0 atom stereocenters. The van der Waals surface area contributed by atoms with Crippen molar-refractivity contribution in [2.75, 3.05) is 0 Å². The first kappa shape index (κ1) is 21.1. The van der Waals surface area contributed by atoms with E-state index in [1.807, 2.05) is 36.4 Å². The Hall–Kier alpha value is -4.16. The number of allylic oxidation sites excluding steroid dienone is 4. The highest BCUT2D eigenvalue weighted by Gasteiger charge is 2.13. The van der Waals surface area contributed by atoms with E-state index in [4.69, 9.17) is 0 Å². The van der Waals surface area contributed by atoms with Gasteiger partial charge in [-0.05, 0) is 74.0 Å². The van der Waals surface area contributed by atoms with Crippen molar-refractivity contribution in [2.24, 2.45) is 0 Å². The fraction of sp³-hybridized carbons (Fsp3) is 0. The zero-order valence-electron chi connectivity index (χ0n) is 18.2. The van der Waals surface area contributed by atoms with E-state index in [2.05, 4.69) is 98.6 Å². The molecule has 0 heterocycles. The maximum Gasteiger partial charge on any atom is -0.00266 e. The van der Waals surface area contributed by atoms with Crippen LogP contribution in [0.4, 0.5) is 0 Å². The van der Waals surface area contributed by atoms with Gasteiger partial charge in [-0.25, -0.2) is 0 Å². The van der Waals surface area contributed by atoms with Gasteiger partial charge in [0.25, 0.3) is 0 Å². The van der Waals surface area contributed by atoms with E-state index < -0.39 is 0 Å². The molecule has 0 amide bonds. The maximum atomic E-state index is 4.13. The molecule has 0 bridgehead atoms. The first-order valence-electron chi connectivity index (χ1n) is 10.7. The fourth-order valence-corrected chi connectivity index (χ4v) is 4.08. The van der Waals surface area contributed by atoms with Crippen molar-refractivity contribution in [3.8, 4) is 22.3 Å². The Balaban J connectivity index is 2.03. The number of fused-ring (bicyclic) bond motifs is 1.